The molecular weight excluding hydrogens is 758 g/mol. The number of carbonyl (C=O) groups is 1. The van der Waals surface area contributed by atoms with Crippen LogP contribution in [-0.2, 0) is 26.7 Å². The molecule has 0 atom stereocenters. The van der Waals surface area contributed by atoms with E-state index in [1.54, 1.807) is 40.9 Å². The summed E-state index contributed by atoms with van der Waals surface area (Å²) in [4.78, 5) is 26.1. The van der Waals surface area contributed by atoms with Gasteiger partial charge in [-0.2, -0.15) is 10.2 Å². The number of fused-ring (bicyclic) bond motifs is 1. The second-order valence-corrected chi connectivity index (χ2v) is 14.7. The van der Waals surface area contributed by atoms with E-state index in [1.807, 2.05) is 61.7 Å². The Morgan fingerprint density at radius 2 is 1.96 bits per heavy atom. The number of nitrogen functional groups attached to an aromatic ring is 1. The van der Waals surface area contributed by atoms with Crippen LogP contribution in [0.5, 0.6) is 5.75 Å². The molecule has 15 nitrogen and oxygen atoms in total. The van der Waals surface area contributed by atoms with Gasteiger partial charge in [-0.1, -0.05) is 59.5 Å². The first-order valence-electron chi connectivity index (χ1n) is 17.0. The van der Waals surface area contributed by atoms with E-state index in [2.05, 4.69) is 37.3 Å². The van der Waals surface area contributed by atoms with Crippen molar-refractivity contribution in [2.45, 2.75) is 24.8 Å². The molecule has 0 saturated heterocycles. The highest BCUT2D eigenvalue weighted by Gasteiger charge is 2.19. The number of nitrogens with zero attached hydrogens (tertiary/aromatic N) is 9. The Labute approximate surface area is 331 Å². The average molecular weight is 798 g/mol. The molecule has 0 spiro atoms. The maximum absolute atomic E-state index is 12.1. The highest BCUT2D eigenvalue weighted by Crippen LogP contribution is 2.31. The first-order valence-corrected chi connectivity index (χ1v) is 19.2. The number of carbonyl (C=O) groups excluding carboxylic acids is 1. The van der Waals surface area contributed by atoms with Crippen LogP contribution in [0, 0.1) is 11.8 Å². The molecule has 0 bridgehead atoms. The molecule has 6 aromatic rings. The predicted octanol–water partition coefficient (Wildman–Crippen LogP) is 4.59. The number of hydrogen-bond donors (Lipinski definition) is 4. The van der Waals surface area contributed by atoms with Crippen LogP contribution in [0.15, 0.2) is 71.2 Å². The van der Waals surface area contributed by atoms with Crippen molar-refractivity contribution < 1.29 is 9.53 Å². The van der Waals surface area contributed by atoms with Gasteiger partial charge in [-0.05, 0) is 35.4 Å². The molecule has 4 aromatic heterocycles. The summed E-state index contributed by atoms with van der Waals surface area (Å²) in [5.41, 5.74) is 17.1. The van der Waals surface area contributed by atoms with Crippen LogP contribution >= 0.6 is 34.7 Å². The summed E-state index contributed by atoms with van der Waals surface area (Å²) in [6.07, 6.45) is 6.13. The third kappa shape index (κ3) is 9.73. The summed E-state index contributed by atoms with van der Waals surface area (Å²) in [6.45, 7) is 2.24. The minimum atomic E-state index is 0.322. The fraction of sp³-hybridized carbons (Fsp3) is 0.243. The molecule has 0 amide bonds. The van der Waals surface area contributed by atoms with E-state index >= 15 is 0 Å². The van der Waals surface area contributed by atoms with Crippen LogP contribution in [0.25, 0.3) is 10.3 Å². The Morgan fingerprint density at radius 1 is 1.15 bits per heavy atom. The average Bonchev–Trinajstić information content (AvgIpc) is 3.88. The summed E-state index contributed by atoms with van der Waals surface area (Å²) < 4.78 is 9.78. The third-order valence-corrected chi connectivity index (χ3v) is 10.3. The smallest absolute Gasteiger partial charge is 0.192 e. The van der Waals surface area contributed by atoms with Crippen molar-refractivity contribution in [1.82, 2.24) is 34.3 Å². The van der Waals surface area contributed by atoms with Crippen molar-refractivity contribution >= 4 is 74.9 Å². The summed E-state index contributed by atoms with van der Waals surface area (Å²) in [6, 6.07) is 15.2. The van der Waals surface area contributed by atoms with Gasteiger partial charge >= 0.3 is 0 Å². The number of ether oxygens (including phenoxy) is 1. The standard InChI is InChI=1S/C37H40ClN13O2S2/c1-48(19-25-6-4-8-28(16-25)53-3)43-18-29-30(23-52)49(2)36-33(29)55-31(45-36)22-50-20-26(17-44-50)7-5-15-54-37-46-34(42-14-13-39)32(40)35(47-37)51(41)21-24-9-11-27(38)12-10-24/h4,6,8-12,16-18,20,23H,13-15,19,21-22,39-41H2,1-3H3,(H,42,46,47)/b43-18-. The highest BCUT2D eigenvalue weighted by molar-refractivity contribution is 7.99. The van der Waals surface area contributed by atoms with Gasteiger partial charge in [-0.15, -0.1) is 11.3 Å². The lowest BCUT2D eigenvalue weighted by molar-refractivity contribution is 0.111. The second kappa shape index (κ2) is 18.1. The number of hydrogen-bond acceptors (Lipinski definition) is 15. The molecule has 4 heterocycles. The van der Waals surface area contributed by atoms with E-state index in [1.165, 1.54) is 28.1 Å². The fourth-order valence-corrected chi connectivity index (χ4v) is 7.35. The van der Waals surface area contributed by atoms with Gasteiger partial charge in [0.1, 0.15) is 16.4 Å². The van der Waals surface area contributed by atoms with Gasteiger partial charge in [0.25, 0.3) is 0 Å². The fourth-order valence-electron chi connectivity index (χ4n) is 5.54. The highest BCUT2D eigenvalue weighted by atomic mass is 35.5. The topological polar surface area (TPSA) is 197 Å². The maximum atomic E-state index is 12.1. The quantitative estimate of drug-likeness (QED) is 0.0202. The van der Waals surface area contributed by atoms with Crippen molar-refractivity contribution in [1.29, 1.82) is 0 Å². The summed E-state index contributed by atoms with van der Waals surface area (Å²) in [5, 5.41) is 17.5. The van der Waals surface area contributed by atoms with E-state index in [0.29, 0.717) is 77.3 Å². The predicted molar refractivity (Wildman–Crippen MR) is 221 cm³/mol. The summed E-state index contributed by atoms with van der Waals surface area (Å²) >= 11 is 8.90. The molecule has 0 aliphatic carbocycles. The van der Waals surface area contributed by atoms with Crippen LogP contribution in [0.2, 0.25) is 5.02 Å². The van der Waals surface area contributed by atoms with Crippen molar-refractivity contribution in [3.05, 3.63) is 98.9 Å². The molecule has 55 heavy (non-hydrogen) atoms. The number of nitrogens with two attached hydrogens (primary N) is 3. The number of nitrogens with one attached hydrogen (secondary N) is 1. The van der Waals surface area contributed by atoms with Crippen molar-refractivity contribution in [3.8, 4) is 17.6 Å². The van der Waals surface area contributed by atoms with Gasteiger partial charge in [-0.25, -0.2) is 20.8 Å². The van der Waals surface area contributed by atoms with Crippen molar-refractivity contribution in [2.75, 3.05) is 49.1 Å². The van der Waals surface area contributed by atoms with Crippen LogP contribution in [0.1, 0.15) is 37.7 Å². The van der Waals surface area contributed by atoms with E-state index < -0.39 is 0 Å². The maximum Gasteiger partial charge on any atom is 0.192 e. The number of rotatable bonds is 16. The number of hydrazone groups is 1. The summed E-state index contributed by atoms with van der Waals surface area (Å²) in [5.74, 6) is 14.8. The molecule has 7 N–H and O–H groups in total. The number of halogens is 1. The molecule has 0 fully saturated rings. The van der Waals surface area contributed by atoms with Crippen LogP contribution < -0.4 is 32.4 Å². The minimum Gasteiger partial charge on any atom is -0.497 e. The number of aryl methyl sites for hydroxylation is 1. The number of thiazole rings is 1. The van der Waals surface area contributed by atoms with E-state index in [0.717, 1.165) is 44.0 Å². The monoisotopic (exact) mass is 797 g/mol. The molecule has 0 unspecified atom stereocenters. The lowest BCUT2D eigenvalue weighted by atomic mass is 10.2. The van der Waals surface area contributed by atoms with Gasteiger partial charge in [0.15, 0.2) is 28.7 Å². The molecule has 2 aromatic carbocycles. The number of aromatic nitrogens is 6. The van der Waals surface area contributed by atoms with E-state index in [9.17, 15) is 4.79 Å². The normalized spacial score (nSPS) is 11.2. The summed E-state index contributed by atoms with van der Waals surface area (Å²) in [7, 11) is 5.35. The van der Waals surface area contributed by atoms with Crippen molar-refractivity contribution in [3.63, 3.8) is 0 Å². The van der Waals surface area contributed by atoms with Crippen LogP contribution in [0.3, 0.4) is 0 Å². The van der Waals surface area contributed by atoms with Crippen molar-refractivity contribution in [2.24, 2.45) is 23.7 Å². The SMILES string of the molecule is COc1cccc(CN(C)/N=C\c2c(C=O)n(C)c3nc(Cn4cc(C#CCSc5nc(NCCN)c(N)c(N(N)Cc6ccc(Cl)cc6)n5)cn4)sc23)c1. The minimum absolute atomic E-state index is 0.322. The molecule has 0 saturated carbocycles. The van der Waals surface area contributed by atoms with E-state index in [4.69, 9.17) is 38.6 Å². The molecule has 284 valence electrons. The first-order chi connectivity index (χ1) is 26.6. The number of benzene rings is 2. The Balaban J connectivity index is 1.11. The molecule has 0 aliphatic rings. The Kier molecular flexibility index (Phi) is 12.9. The zero-order valence-electron chi connectivity index (χ0n) is 30.4. The second-order valence-electron chi connectivity index (χ2n) is 12.2. The number of aldehydes is 1. The zero-order valence-corrected chi connectivity index (χ0v) is 32.8. The van der Waals surface area contributed by atoms with Gasteiger partial charge in [-0.3, -0.25) is 19.5 Å². The third-order valence-electron chi connectivity index (χ3n) is 8.21. The Bertz CT molecular complexity index is 2360. The van der Waals surface area contributed by atoms with Gasteiger partial charge in [0.05, 0.1) is 60.9 Å². The number of methoxy groups -OCH3 is 1. The Hall–Kier alpha value is -5.64. The molecular formula is C37H40ClN13O2S2. The number of anilines is 3. The molecule has 18 heteroatoms. The largest absolute Gasteiger partial charge is 0.497 e. The van der Waals surface area contributed by atoms with Crippen LogP contribution in [-0.4, -0.2) is 79.8 Å². The number of hydrazine groups is 1. The molecule has 0 aliphatic heterocycles. The first kappa shape index (κ1) is 39.1. The Morgan fingerprint density at radius 3 is 2.73 bits per heavy atom. The van der Waals surface area contributed by atoms with Gasteiger partial charge in [0.2, 0.25) is 0 Å². The zero-order chi connectivity index (χ0) is 38.9. The lowest BCUT2D eigenvalue weighted by Crippen LogP contribution is -2.32. The molecule has 6 rings (SSSR count). The van der Waals surface area contributed by atoms with Crippen LogP contribution in [0.4, 0.5) is 17.3 Å². The van der Waals surface area contributed by atoms with E-state index in [-0.39, 0.29) is 0 Å². The number of thioether (sulfide) groups is 1. The lowest BCUT2D eigenvalue weighted by Gasteiger charge is -2.21. The van der Waals surface area contributed by atoms with Gasteiger partial charge in [0, 0.05) is 44.0 Å². The van der Waals surface area contributed by atoms with Gasteiger partial charge < -0.3 is 26.1 Å². The molecule has 0 radical (unpaired) electrons.